The van der Waals surface area contributed by atoms with Crippen LogP contribution in [-0.2, 0) is 0 Å². The zero-order valence-electron chi connectivity index (χ0n) is 16.3. The Kier molecular flexibility index (Phi) is 6.81. The average Bonchev–Trinajstić information content (AvgIpc) is 2.74. The van der Waals surface area contributed by atoms with Crippen LogP contribution in [0.5, 0.6) is 23.0 Å². The van der Waals surface area contributed by atoms with Crippen molar-refractivity contribution in [3.63, 3.8) is 0 Å². The topological polar surface area (TPSA) is 81.7 Å². The highest BCUT2D eigenvalue weighted by Gasteiger charge is 2.29. The zero-order chi connectivity index (χ0) is 22.3. The molecule has 10 heteroatoms. The van der Waals surface area contributed by atoms with Gasteiger partial charge in [-0.1, -0.05) is 0 Å². The van der Waals surface area contributed by atoms with E-state index in [9.17, 15) is 18.0 Å². The standard InChI is InChI=1S/C21H18F3N3O4/c1-29-19-12-15(4-7-18(19)30-13-21(22,23)24)27-20(28)26-14-2-5-16(6-3-14)31-17-8-10-25-11-9-17/h2-12H,13H2,1H3,(H2,26,27,28). The van der Waals surface area contributed by atoms with Crippen LogP contribution in [0.2, 0.25) is 0 Å². The van der Waals surface area contributed by atoms with Crippen LogP contribution < -0.4 is 24.8 Å². The molecule has 0 aliphatic heterocycles. The van der Waals surface area contributed by atoms with E-state index in [0.717, 1.165) is 0 Å². The van der Waals surface area contributed by atoms with Crippen LogP contribution in [0.3, 0.4) is 0 Å². The number of hydrogen-bond acceptors (Lipinski definition) is 5. The Morgan fingerprint density at radius 1 is 0.903 bits per heavy atom. The third kappa shape index (κ3) is 6.81. The maximum atomic E-state index is 12.3. The molecule has 0 saturated carbocycles. The number of benzene rings is 2. The van der Waals surface area contributed by atoms with E-state index in [0.29, 0.717) is 22.9 Å². The van der Waals surface area contributed by atoms with Crippen molar-refractivity contribution in [2.75, 3.05) is 24.4 Å². The molecule has 0 aliphatic rings. The third-order valence-electron chi connectivity index (χ3n) is 3.81. The Hall–Kier alpha value is -3.95. The number of pyridine rings is 1. The lowest BCUT2D eigenvalue weighted by Crippen LogP contribution is -2.20. The first-order chi connectivity index (χ1) is 14.8. The molecule has 0 radical (unpaired) electrons. The summed E-state index contributed by atoms with van der Waals surface area (Å²) in [5, 5.41) is 5.22. The number of alkyl halides is 3. The van der Waals surface area contributed by atoms with E-state index in [1.54, 1.807) is 48.8 Å². The molecule has 31 heavy (non-hydrogen) atoms. The second-order valence-electron chi connectivity index (χ2n) is 6.16. The van der Waals surface area contributed by atoms with Gasteiger partial charge in [0.2, 0.25) is 0 Å². The van der Waals surface area contributed by atoms with E-state index >= 15 is 0 Å². The zero-order valence-corrected chi connectivity index (χ0v) is 16.3. The third-order valence-corrected chi connectivity index (χ3v) is 3.81. The molecular weight excluding hydrogens is 415 g/mol. The van der Waals surface area contributed by atoms with E-state index in [4.69, 9.17) is 14.2 Å². The van der Waals surface area contributed by atoms with Gasteiger partial charge in [0.15, 0.2) is 18.1 Å². The first kappa shape index (κ1) is 21.8. The molecule has 2 amide bonds. The highest BCUT2D eigenvalue weighted by molar-refractivity contribution is 5.99. The van der Waals surface area contributed by atoms with Gasteiger partial charge < -0.3 is 24.8 Å². The number of ether oxygens (including phenoxy) is 3. The van der Waals surface area contributed by atoms with Crippen molar-refractivity contribution >= 4 is 17.4 Å². The number of methoxy groups -OCH3 is 1. The number of anilines is 2. The molecule has 2 N–H and O–H groups in total. The summed E-state index contributed by atoms with van der Waals surface area (Å²) >= 11 is 0. The molecule has 1 heterocycles. The van der Waals surface area contributed by atoms with Crippen LogP contribution in [0.15, 0.2) is 67.0 Å². The van der Waals surface area contributed by atoms with Crippen LogP contribution in [0.25, 0.3) is 0 Å². The Balaban J connectivity index is 1.57. The summed E-state index contributed by atoms with van der Waals surface area (Å²) < 4.78 is 52.4. The van der Waals surface area contributed by atoms with Crippen LogP contribution in [0, 0.1) is 0 Å². The molecule has 3 aromatic rings. The summed E-state index contributed by atoms with van der Waals surface area (Å²) in [6.07, 6.45) is -1.25. The number of carbonyl (C=O) groups is 1. The summed E-state index contributed by atoms with van der Waals surface area (Å²) in [5.74, 6) is 1.18. The van der Waals surface area contributed by atoms with E-state index in [1.807, 2.05) is 0 Å². The van der Waals surface area contributed by atoms with Crippen molar-refractivity contribution in [1.82, 2.24) is 4.98 Å². The molecule has 3 rings (SSSR count). The Bertz CT molecular complexity index is 1010. The smallest absolute Gasteiger partial charge is 0.422 e. The number of aromatic nitrogens is 1. The number of nitrogens with one attached hydrogen (secondary N) is 2. The molecule has 0 fully saturated rings. The molecule has 0 atom stereocenters. The van der Waals surface area contributed by atoms with Gasteiger partial charge in [0.05, 0.1) is 7.11 Å². The van der Waals surface area contributed by atoms with E-state index in [-0.39, 0.29) is 11.5 Å². The van der Waals surface area contributed by atoms with Crippen LogP contribution in [-0.4, -0.2) is 30.9 Å². The van der Waals surface area contributed by atoms with Gasteiger partial charge in [0.25, 0.3) is 0 Å². The van der Waals surface area contributed by atoms with Gasteiger partial charge in [0, 0.05) is 29.8 Å². The predicted molar refractivity (Wildman–Crippen MR) is 108 cm³/mol. The lowest BCUT2D eigenvalue weighted by atomic mass is 10.2. The van der Waals surface area contributed by atoms with Crippen molar-refractivity contribution in [1.29, 1.82) is 0 Å². The molecule has 0 bridgehead atoms. The molecule has 0 saturated heterocycles. The molecule has 0 spiro atoms. The monoisotopic (exact) mass is 433 g/mol. The highest BCUT2D eigenvalue weighted by atomic mass is 19.4. The van der Waals surface area contributed by atoms with E-state index in [1.165, 1.54) is 25.3 Å². The summed E-state index contributed by atoms with van der Waals surface area (Å²) in [6.45, 7) is -1.45. The van der Waals surface area contributed by atoms with E-state index in [2.05, 4.69) is 15.6 Å². The molecule has 0 unspecified atom stereocenters. The maximum Gasteiger partial charge on any atom is 0.422 e. The van der Waals surface area contributed by atoms with Gasteiger partial charge in [-0.3, -0.25) is 4.98 Å². The van der Waals surface area contributed by atoms with Crippen molar-refractivity contribution < 1.29 is 32.2 Å². The number of nitrogens with zero attached hydrogens (tertiary/aromatic N) is 1. The quantitative estimate of drug-likeness (QED) is 0.517. The Morgan fingerprint density at radius 3 is 2.16 bits per heavy atom. The van der Waals surface area contributed by atoms with Crippen LogP contribution in [0.1, 0.15) is 0 Å². The molecule has 7 nitrogen and oxygen atoms in total. The van der Waals surface area contributed by atoms with Gasteiger partial charge >= 0.3 is 12.2 Å². The molecule has 0 aliphatic carbocycles. The van der Waals surface area contributed by atoms with Gasteiger partial charge in [0.1, 0.15) is 11.5 Å². The largest absolute Gasteiger partial charge is 0.493 e. The van der Waals surface area contributed by atoms with Gasteiger partial charge in [-0.25, -0.2) is 4.79 Å². The number of hydrogen-bond donors (Lipinski definition) is 2. The Labute approximate surface area is 175 Å². The van der Waals surface area contributed by atoms with Crippen molar-refractivity contribution in [3.8, 4) is 23.0 Å². The fourth-order valence-corrected chi connectivity index (χ4v) is 2.47. The lowest BCUT2D eigenvalue weighted by molar-refractivity contribution is -0.153. The van der Waals surface area contributed by atoms with Crippen molar-refractivity contribution in [2.45, 2.75) is 6.18 Å². The molecule has 2 aromatic carbocycles. The first-order valence-electron chi connectivity index (χ1n) is 8.96. The number of carbonyl (C=O) groups excluding carboxylic acids is 1. The fraction of sp³-hybridized carbons (Fsp3) is 0.143. The predicted octanol–water partition coefficient (Wildman–Crippen LogP) is 5.47. The second-order valence-corrected chi connectivity index (χ2v) is 6.16. The van der Waals surface area contributed by atoms with Gasteiger partial charge in [-0.05, 0) is 48.5 Å². The number of rotatable bonds is 7. The minimum Gasteiger partial charge on any atom is -0.493 e. The molecule has 1 aromatic heterocycles. The van der Waals surface area contributed by atoms with E-state index < -0.39 is 18.8 Å². The average molecular weight is 433 g/mol. The first-order valence-corrected chi connectivity index (χ1v) is 8.96. The van der Waals surface area contributed by atoms with Crippen LogP contribution in [0.4, 0.5) is 29.3 Å². The second kappa shape index (κ2) is 9.70. The number of urea groups is 1. The number of amides is 2. The highest BCUT2D eigenvalue weighted by Crippen LogP contribution is 2.31. The minimum atomic E-state index is -4.47. The lowest BCUT2D eigenvalue weighted by Gasteiger charge is -2.14. The van der Waals surface area contributed by atoms with Crippen LogP contribution >= 0.6 is 0 Å². The van der Waals surface area contributed by atoms with Gasteiger partial charge in [-0.15, -0.1) is 0 Å². The van der Waals surface area contributed by atoms with Crippen molar-refractivity contribution in [2.24, 2.45) is 0 Å². The summed E-state index contributed by atoms with van der Waals surface area (Å²) in [6, 6.07) is 13.6. The minimum absolute atomic E-state index is 0.0552. The normalized spacial score (nSPS) is 10.8. The summed E-state index contributed by atoms with van der Waals surface area (Å²) in [4.78, 5) is 16.1. The molecule has 162 valence electrons. The SMILES string of the molecule is COc1cc(NC(=O)Nc2ccc(Oc3ccncc3)cc2)ccc1OCC(F)(F)F. The maximum absolute atomic E-state index is 12.3. The summed E-state index contributed by atoms with van der Waals surface area (Å²) in [7, 11) is 1.29. The fourth-order valence-electron chi connectivity index (χ4n) is 2.47. The summed E-state index contributed by atoms with van der Waals surface area (Å²) in [5.41, 5.74) is 0.822. The number of halogens is 3. The van der Waals surface area contributed by atoms with Crippen molar-refractivity contribution in [3.05, 3.63) is 67.0 Å². The Morgan fingerprint density at radius 2 is 1.52 bits per heavy atom. The molecular formula is C21H18F3N3O4. The van der Waals surface area contributed by atoms with Gasteiger partial charge in [-0.2, -0.15) is 13.2 Å².